The molecule has 0 saturated carbocycles. The molecule has 12 aromatic carbocycles. The number of furan rings is 1. The third-order valence-corrected chi connectivity index (χ3v) is 14.1. The van der Waals surface area contributed by atoms with Gasteiger partial charge in [0.1, 0.15) is 11.2 Å². The van der Waals surface area contributed by atoms with Crippen molar-refractivity contribution in [1.29, 1.82) is 0 Å². The maximum atomic E-state index is 7.03. The van der Waals surface area contributed by atoms with Crippen LogP contribution in [0.25, 0.3) is 148 Å². The Morgan fingerprint density at radius 3 is 1.66 bits per heavy atom. The number of aromatic nitrogens is 4. The van der Waals surface area contributed by atoms with E-state index in [1.54, 1.807) is 0 Å². The number of hydrogen-bond acceptors (Lipinski definition) is 4. The second kappa shape index (κ2) is 14.2. The van der Waals surface area contributed by atoms with Crippen molar-refractivity contribution >= 4 is 108 Å². The van der Waals surface area contributed by atoms with Crippen LogP contribution in [0.5, 0.6) is 0 Å². The topological polar surface area (TPSA) is 56.7 Å². The molecular weight excluding hydrogens is 829 g/mol. The summed E-state index contributed by atoms with van der Waals surface area (Å²) in [7, 11) is 0. The highest BCUT2D eigenvalue weighted by Gasteiger charge is 2.22. The van der Waals surface area contributed by atoms with Gasteiger partial charge in [0.2, 0.25) is 0 Å². The molecule has 0 bridgehead atoms. The van der Waals surface area contributed by atoms with Crippen molar-refractivity contribution in [3.05, 3.63) is 218 Å². The van der Waals surface area contributed by atoms with Gasteiger partial charge in [-0.15, -0.1) is 0 Å². The first-order chi connectivity index (χ1) is 33.7. The Labute approximate surface area is 388 Å². The summed E-state index contributed by atoms with van der Waals surface area (Å²) in [5.41, 5.74) is 7.70. The second-order valence-corrected chi connectivity index (χ2v) is 17.9. The van der Waals surface area contributed by atoms with E-state index in [9.17, 15) is 0 Å². The minimum atomic E-state index is 0.577. The van der Waals surface area contributed by atoms with Crippen molar-refractivity contribution in [2.75, 3.05) is 0 Å². The fraction of sp³-hybridized carbons (Fsp3) is 0. The zero-order valence-corrected chi connectivity index (χ0v) is 36.5. The van der Waals surface area contributed by atoms with Crippen molar-refractivity contribution < 1.29 is 4.42 Å². The van der Waals surface area contributed by atoms with Crippen LogP contribution in [0.2, 0.25) is 0 Å². The fourth-order valence-electron chi connectivity index (χ4n) is 11.0. The molecule has 0 aliphatic carbocycles. The Bertz CT molecular complexity index is 4640. The zero-order valence-electron chi connectivity index (χ0n) is 36.5. The molecule has 5 nitrogen and oxygen atoms in total. The van der Waals surface area contributed by atoms with Gasteiger partial charge in [0, 0.05) is 49.7 Å². The first kappa shape index (κ1) is 37.1. The van der Waals surface area contributed by atoms with Gasteiger partial charge in [-0.1, -0.05) is 170 Å². The van der Waals surface area contributed by atoms with Crippen LogP contribution in [0, 0.1) is 0 Å². The first-order valence-corrected chi connectivity index (χ1v) is 23.1. The van der Waals surface area contributed by atoms with Gasteiger partial charge in [0.15, 0.2) is 17.5 Å². The molecule has 0 spiro atoms. The molecular formula is C63H36N4O. The Balaban J connectivity index is 0.964. The SMILES string of the molecule is c1ccc2cc(-c3nc(-c4ccc5c(c4)oc4cc(-n6c7cc8ccccc8cc7c7c8ccccc8ccc76)c6ccccc6c45)nc(-c4cc5ccccc5c5ccccc45)n3)ccc2c1. The van der Waals surface area contributed by atoms with Crippen LogP contribution in [0.15, 0.2) is 223 Å². The van der Waals surface area contributed by atoms with Crippen LogP contribution in [-0.2, 0) is 0 Å². The average molecular weight is 865 g/mol. The molecule has 3 heterocycles. The van der Waals surface area contributed by atoms with Crippen molar-refractivity contribution in [3.63, 3.8) is 0 Å². The lowest BCUT2D eigenvalue weighted by atomic mass is 9.97. The van der Waals surface area contributed by atoms with Crippen molar-refractivity contribution in [3.8, 4) is 39.9 Å². The van der Waals surface area contributed by atoms with E-state index in [0.29, 0.717) is 17.5 Å². The lowest BCUT2D eigenvalue weighted by molar-refractivity contribution is 0.669. The smallest absolute Gasteiger partial charge is 0.164 e. The number of rotatable bonds is 4. The Hall–Kier alpha value is -9.19. The minimum absolute atomic E-state index is 0.577. The standard InChI is InChI=1S/C63H36N4O/c1-2-15-39-31-43(26-25-37(39)13-1)61-64-62(66-63(65-61)52-33-42-18-6-7-19-45(42)47-21-9-10-22-48(47)52)44-27-29-51-57(35-44)68-58-36-56(49-23-11-12-24-50(49)60(51)58)67-54-30-28-38-14-5-8-20-46(38)59(54)53-32-40-16-3-4-17-41(40)34-55(53)67/h1-36H. The minimum Gasteiger partial charge on any atom is -0.456 e. The maximum Gasteiger partial charge on any atom is 0.164 e. The third kappa shape index (κ3) is 5.47. The largest absolute Gasteiger partial charge is 0.456 e. The monoisotopic (exact) mass is 864 g/mol. The van der Waals surface area contributed by atoms with Gasteiger partial charge in [0.05, 0.1) is 16.7 Å². The molecule has 68 heavy (non-hydrogen) atoms. The van der Waals surface area contributed by atoms with E-state index in [-0.39, 0.29) is 0 Å². The number of nitrogens with zero attached hydrogens (tertiary/aromatic N) is 4. The number of fused-ring (bicyclic) bond motifs is 15. The summed E-state index contributed by atoms with van der Waals surface area (Å²) in [5, 5.41) is 18.6. The van der Waals surface area contributed by atoms with E-state index >= 15 is 0 Å². The van der Waals surface area contributed by atoms with Crippen LogP contribution in [0.4, 0.5) is 0 Å². The van der Waals surface area contributed by atoms with Gasteiger partial charge in [-0.25, -0.2) is 15.0 Å². The summed E-state index contributed by atoms with van der Waals surface area (Å²) in [6, 6.07) is 78.1. The summed E-state index contributed by atoms with van der Waals surface area (Å²) < 4.78 is 9.47. The van der Waals surface area contributed by atoms with Gasteiger partial charge in [0.25, 0.3) is 0 Å². The summed E-state index contributed by atoms with van der Waals surface area (Å²) in [6.45, 7) is 0. The molecule has 5 heteroatoms. The summed E-state index contributed by atoms with van der Waals surface area (Å²) in [6.07, 6.45) is 0. The molecule has 0 aliphatic heterocycles. The maximum absolute atomic E-state index is 7.03. The van der Waals surface area contributed by atoms with E-state index in [0.717, 1.165) is 93.1 Å². The Kier molecular flexibility index (Phi) is 7.72. The normalized spacial score (nSPS) is 12.1. The van der Waals surface area contributed by atoms with Crippen molar-refractivity contribution in [1.82, 2.24) is 19.5 Å². The van der Waals surface area contributed by atoms with Crippen LogP contribution < -0.4 is 0 Å². The Morgan fingerprint density at radius 1 is 0.294 bits per heavy atom. The molecule has 0 unspecified atom stereocenters. The van der Waals surface area contributed by atoms with Gasteiger partial charge in [-0.3, -0.25) is 0 Å². The van der Waals surface area contributed by atoms with Crippen LogP contribution >= 0.6 is 0 Å². The van der Waals surface area contributed by atoms with Crippen LogP contribution in [0.1, 0.15) is 0 Å². The number of hydrogen-bond donors (Lipinski definition) is 0. The quantitative estimate of drug-likeness (QED) is 0.165. The van der Waals surface area contributed by atoms with Crippen LogP contribution in [-0.4, -0.2) is 19.5 Å². The van der Waals surface area contributed by atoms with E-state index < -0.39 is 0 Å². The average Bonchev–Trinajstić information content (AvgIpc) is 3.94. The highest BCUT2D eigenvalue weighted by Crippen LogP contribution is 2.44. The molecule has 0 atom stereocenters. The predicted octanol–water partition coefficient (Wildman–Crippen LogP) is 16.8. The van der Waals surface area contributed by atoms with E-state index in [1.165, 1.54) is 37.7 Å². The lowest BCUT2D eigenvalue weighted by Gasteiger charge is -2.13. The number of benzene rings is 12. The van der Waals surface area contributed by atoms with Gasteiger partial charge in [-0.2, -0.15) is 0 Å². The highest BCUT2D eigenvalue weighted by molar-refractivity contribution is 6.26. The molecule has 314 valence electrons. The molecule has 15 aromatic rings. The first-order valence-electron chi connectivity index (χ1n) is 23.1. The predicted molar refractivity (Wildman–Crippen MR) is 283 cm³/mol. The summed E-state index contributed by atoms with van der Waals surface area (Å²) >= 11 is 0. The van der Waals surface area contributed by atoms with E-state index in [1.807, 2.05) is 0 Å². The van der Waals surface area contributed by atoms with Crippen molar-refractivity contribution in [2.24, 2.45) is 0 Å². The second-order valence-electron chi connectivity index (χ2n) is 17.9. The molecule has 0 N–H and O–H groups in total. The van der Waals surface area contributed by atoms with Gasteiger partial charge in [-0.05, 0) is 102 Å². The Morgan fingerprint density at radius 2 is 0.868 bits per heavy atom. The van der Waals surface area contributed by atoms with Gasteiger partial charge >= 0.3 is 0 Å². The molecule has 3 aromatic heterocycles. The molecule has 0 saturated heterocycles. The molecule has 0 radical (unpaired) electrons. The molecule has 0 fully saturated rings. The van der Waals surface area contributed by atoms with Crippen LogP contribution in [0.3, 0.4) is 0 Å². The fourth-order valence-corrected chi connectivity index (χ4v) is 11.0. The molecule has 0 aliphatic rings. The highest BCUT2D eigenvalue weighted by atomic mass is 16.3. The summed E-state index contributed by atoms with van der Waals surface area (Å²) in [4.78, 5) is 15.8. The van der Waals surface area contributed by atoms with E-state index in [2.05, 4.69) is 223 Å². The lowest BCUT2D eigenvalue weighted by Crippen LogP contribution is -2.01. The summed E-state index contributed by atoms with van der Waals surface area (Å²) in [5.74, 6) is 1.81. The van der Waals surface area contributed by atoms with E-state index in [4.69, 9.17) is 19.4 Å². The van der Waals surface area contributed by atoms with Gasteiger partial charge < -0.3 is 8.98 Å². The molecule has 15 rings (SSSR count). The molecule has 0 amide bonds. The zero-order chi connectivity index (χ0) is 44.5. The van der Waals surface area contributed by atoms with Crippen molar-refractivity contribution in [2.45, 2.75) is 0 Å². The third-order valence-electron chi connectivity index (χ3n) is 14.1.